The van der Waals surface area contributed by atoms with Crippen molar-refractivity contribution in [3.05, 3.63) is 23.7 Å². The SMILES string of the molecule is CCNC(=O)N1CCC(NC(=O)c2ccc(C)o2)CC1. The van der Waals surface area contributed by atoms with E-state index in [-0.39, 0.29) is 18.0 Å². The third-order valence-electron chi connectivity index (χ3n) is 3.41. The highest BCUT2D eigenvalue weighted by Crippen LogP contribution is 2.12. The Bertz CT molecular complexity index is 476. The van der Waals surface area contributed by atoms with Crippen LogP contribution in [0.4, 0.5) is 4.79 Å². The second-order valence-electron chi connectivity index (χ2n) is 4.98. The summed E-state index contributed by atoms with van der Waals surface area (Å²) >= 11 is 0. The highest BCUT2D eigenvalue weighted by molar-refractivity contribution is 5.91. The summed E-state index contributed by atoms with van der Waals surface area (Å²) in [7, 11) is 0. The van der Waals surface area contributed by atoms with E-state index in [0.717, 1.165) is 18.6 Å². The van der Waals surface area contributed by atoms with Crippen molar-refractivity contribution in [1.82, 2.24) is 15.5 Å². The van der Waals surface area contributed by atoms with Gasteiger partial charge in [-0.1, -0.05) is 0 Å². The molecule has 2 heterocycles. The summed E-state index contributed by atoms with van der Waals surface area (Å²) in [5, 5.41) is 5.73. The summed E-state index contributed by atoms with van der Waals surface area (Å²) in [6.07, 6.45) is 1.53. The molecule has 0 unspecified atom stereocenters. The van der Waals surface area contributed by atoms with Gasteiger partial charge in [-0.2, -0.15) is 0 Å². The van der Waals surface area contributed by atoms with Crippen LogP contribution in [0.25, 0.3) is 0 Å². The molecule has 1 aromatic heterocycles. The molecule has 2 N–H and O–H groups in total. The number of likely N-dealkylation sites (tertiary alicyclic amines) is 1. The quantitative estimate of drug-likeness (QED) is 0.880. The average molecular weight is 279 g/mol. The third-order valence-corrected chi connectivity index (χ3v) is 3.41. The summed E-state index contributed by atoms with van der Waals surface area (Å²) in [4.78, 5) is 25.4. The molecule has 1 fully saturated rings. The molecule has 6 nitrogen and oxygen atoms in total. The molecule has 2 rings (SSSR count). The van der Waals surface area contributed by atoms with Gasteiger partial charge in [-0.3, -0.25) is 4.79 Å². The van der Waals surface area contributed by atoms with Crippen molar-refractivity contribution < 1.29 is 14.0 Å². The third kappa shape index (κ3) is 3.53. The van der Waals surface area contributed by atoms with Crippen molar-refractivity contribution in [1.29, 1.82) is 0 Å². The summed E-state index contributed by atoms with van der Waals surface area (Å²) in [5.74, 6) is 0.879. The molecule has 0 aliphatic carbocycles. The Morgan fingerprint density at radius 1 is 1.35 bits per heavy atom. The van der Waals surface area contributed by atoms with Crippen LogP contribution in [-0.2, 0) is 0 Å². The number of carbonyl (C=O) groups excluding carboxylic acids is 2. The van der Waals surface area contributed by atoms with E-state index in [4.69, 9.17) is 4.42 Å². The van der Waals surface area contributed by atoms with E-state index in [9.17, 15) is 9.59 Å². The number of hydrogen-bond donors (Lipinski definition) is 2. The minimum atomic E-state index is -0.186. The van der Waals surface area contributed by atoms with Gasteiger partial charge in [0.25, 0.3) is 5.91 Å². The van der Waals surface area contributed by atoms with Crippen LogP contribution >= 0.6 is 0 Å². The van der Waals surface area contributed by atoms with E-state index in [0.29, 0.717) is 25.4 Å². The molecule has 0 aromatic carbocycles. The standard InChI is InChI=1S/C14H21N3O3/c1-3-15-14(19)17-8-6-11(7-9-17)16-13(18)12-5-4-10(2)20-12/h4-5,11H,3,6-9H2,1-2H3,(H,15,19)(H,16,18). The lowest BCUT2D eigenvalue weighted by molar-refractivity contribution is 0.0888. The summed E-state index contributed by atoms with van der Waals surface area (Å²) in [5.41, 5.74) is 0. The van der Waals surface area contributed by atoms with Gasteiger partial charge in [-0.25, -0.2) is 4.79 Å². The molecule has 1 aliphatic rings. The molecule has 20 heavy (non-hydrogen) atoms. The van der Waals surface area contributed by atoms with Crippen LogP contribution in [0.2, 0.25) is 0 Å². The van der Waals surface area contributed by atoms with Gasteiger partial charge in [-0.05, 0) is 38.8 Å². The van der Waals surface area contributed by atoms with Crippen LogP contribution in [0, 0.1) is 6.92 Å². The number of nitrogens with zero attached hydrogens (tertiary/aromatic N) is 1. The fraction of sp³-hybridized carbons (Fsp3) is 0.571. The molecule has 0 saturated carbocycles. The minimum Gasteiger partial charge on any atom is -0.456 e. The predicted octanol–water partition coefficient (Wildman–Crippen LogP) is 1.51. The van der Waals surface area contributed by atoms with Crippen molar-refractivity contribution in [2.75, 3.05) is 19.6 Å². The number of piperidine rings is 1. The zero-order valence-corrected chi connectivity index (χ0v) is 11.9. The molecule has 1 aromatic rings. The summed E-state index contributed by atoms with van der Waals surface area (Å²) in [6.45, 7) is 5.66. The molecular formula is C14H21N3O3. The van der Waals surface area contributed by atoms with Gasteiger partial charge in [0.05, 0.1) is 0 Å². The Kier molecular flexibility index (Phi) is 4.65. The van der Waals surface area contributed by atoms with Gasteiger partial charge >= 0.3 is 6.03 Å². The second-order valence-corrected chi connectivity index (χ2v) is 4.98. The van der Waals surface area contributed by atoms with E-state index >= 15 is 0 Å². The van der Waals surface area contributed by atoms with E-state index in [1.165, 1.54) is 0 Å². The first kappa shape index (κ1) is 14.4. The maximum absolute atomic E-state index is 11.9. The Morgan fingerprint density at radius 2 is 2.05 bits per heavy atom. The molecule has 3 amide bonds. The van der Waals surface area contributed by atoms with Crippen molar-refractivity contribution in [2.45, 2.75) is 32.7 Å². The Balaban J connectivity index is 1.80. The zero-order valence-electron chi connectivity index (χ0n) is 11.9. The van der Waals surface area contributed by atoms with Gasteiger partial charge < -0.3 is 20.0 Å². The first-order chi connectivity index (χ1) is 9.60. The Morgan fingerprint density at radius 3 is 2.60 bits per heavy atom. The van der Waals surface area contributed by atoms with Crippen LogP contribution in [0.1, 0.15) is 36.1 Å². The van der Waals surface area contributed by atoms with E-state index in [1.807, 2.05) is 13.8 Å². The van der Waals surface area contributed by atoms with Crippen molar-refractivity contribution in [3.63, 3.8) is 0 Å². The molecule has 0 radical (unpaired) electrons. The van der Waals surface area contributed by atoms with Crippen LogP contribution < -0.4 is 10.6 Å². The van der Waals surface area contributed by atoms with Gasteiger partial charge in [-0.15, -0.1) is 0 Å². The first-order valence-electron chi connectivity index (χ1n) is 7.00. The van der Waals surface area contributed by atoms with Gasteiger partial charge in [0.2, 0.25) is 0 Å². The Hall–Kier alpha value is -1.98. The summed E-state index contributed by atoms with van der Waals surface area (Å²) in [6, 6.07) is 3.51. The van der Waals surface area contributed by atoms with Crippen molar-refractivity contribution >= 4 is 11.9 Å². The van der Waals surface area contributed by atoms with E-state index in [1.54, 1.807) is 17.0 Å². The lowest BCUT2D eigenvalue weighted by Gasteiger charge is -2.32. The molecular weight excluding hydrogens is 258 g/mol. The smallest absolute Gasteiger partial charge is 0.317 e. The number of aryl methyl sites for hydroxylation is 1. The van der Waals surface area contributed by atoms with E-state index in [2.05, 4.69) is 10.6 Å². The zero-order chi connectivity index (χ0) is 14.5. The molecule has 1 aliphatic heterocycles. The number of nitrogens with one attached hydrogen (secondary N) is 2. The van der Waals surface area contributed by atoms with Gasteiger partial charge in [0.15, 0.2) is 5.76 Å². The topological polar surface area (TPSA) is 74.6 Å². The molecule has 0 spiro atoms. The lowest BCUT2D eigenvalue weighted by atomic mass is 10.1. The van der Waals surface area contributed by atoms with Gasteiger partial charge in [0.1, 0.15) is 5.76 Å². The average Bonchev–Trinajstić information content (AvgIpc) is 2.86. The number of rotatable bonds is 3. The van der Waals surface area contributed by atoms with Gasteiger partial charge in [0, 0.05) is 25.7 Å². The van der Waals surface area contributed by atoms with Crippen LogP contribution in [-0.4, -0.2) is 42.5 Å². The summed E-state index contributed by atoms with van der Waals surface area (Å²) < 4.78 is 5.29. The maximum Gasteiger partial charge on any atom is 0.317 e. The van der Waals surface area contributed by atoms with Crippen molar-refractivity contribution in [2.24, 2.45) is 0 Å². The highest BCUT2D eigenvalue weighted by atomic mass is 16.3. The highest BCUT2D eigenvalue weighted by Gasteiger charge is 2.24. The van der Waals surface area contributed by atoms with Crippen LogP contribution in [0.15, 0.2) is 16.5 Å². The minimum absolute atomic E-state index is 0.0288. The fourth-order valence-electron chi connectivity index (χ4n) is 2.30. The number of furan rings is 1. The Labute approximate surface area is 118 Å². The number of amides is 3. The molecule has 1 saturated heterocycles. The number of carbonyl (C=O) groups is 2. The predicted molar refractivity (Wildman–Crippen MR) is 74.6 cm³/mol. The normalized spacial score (nSPS) is 16.0. The maximum atomic E-state index is 11.9. The van der Waals surface area contributed by atoms with Crippen molar-refractivity contribution in [3.8, 4) is 0 Å². The number of hydrogen-bond acceptors (Lipinski definition) is 3. The first-order valence-corrected chi connectivity index (χ1v) is 7.00. The molecule has 6 heteroatoms. The second kappa shape index (κ2) is 6.45. The lowest BCUT2D eigenvalue weighted by Crippen LogP contribution is -2.49. The van der Waals surface area contributed by atoms with Crippen LogP contribution in [0.3, 0.4) is 0 Å². The molecule has 0 bridgehead atoms. The van der Waals surface area contributed by atoms with Crippen LogP contribution in [0.5, 0.6) is 0 Å². The largest absolute Gasteiger partial charge is 0.456 e. The fourth-order valence-corrected chi connectivity index (χ4v) is 2.30. The van der Waals surface area contributed by atoms with E-state index < -0.39 is 0 Å². The monoisotopic (exact) mass is 279 g/mol. The molecule has 110 valence electrons. The molecule has 0 atom stereocenters. The number of urea groups is 1.